The number of hydrogen-bond acceptors (Lipinski definition) is 3. The minimum Gasteiger partial charge on any atom is -0.454 e. The van der Waals surface area contributed by atoms with E-state index in [9.17, 15) is 4.79 Å². The number of nitrogens with one attached hydrogen (secondary N) is 2. The molecule has 3 aromatic rings. The summed E-state index contributed by atoms with van der Waals surface area (Å²) in [7, 11) is 0. The van der Waals surface area contributed by atoms with E-state index in [4.69, 9.17) is 9.47 Å². The first-order chi connectivity index (χ1) is 13.2. The van der Waals surface area contributed by atoms with Crippen LogP contribution in [0.4, 0.5) is 4.79 Å². The van der Waals surface area contributed by atoms with Gasteiger partial charge in [-0.15, -0.1) is 0 Å². The van der Waals surface area contributed by atoms with Crippen molar-refractivity contribution in [2.45, 2.75) is 25.9 Å². The monoisotopic (exact) mass is 362 g/mol. The Morgan fingerprint density at radius 3 is 2.63 bits per heavy atom. The number of benzene rings is 3. The molecular formula is C22H22N2O3. The van der Waals surface area contributed by atoms with E-state index in [0.717, 1.165) is 23.5 Å². The number of rotatable bonds is 5. The van der Waals surface area contributed by atoms with Crippen LogP contribution in [0, 0.1) is 0 Å². The van der Waals surface area contributed by atoms with Crippen LogP contribution in [0.25, 0.3) is 10.8 Å². The lowest BCUT2D eigenvalue weighted by Gasteiger charge is -2.15. The maximum atomic E-state index is 12.2. The summed E-state index contributed by atoms with van der Waals surface area (Å²) in [6.45, 7) is 2.69. The van der Waals surface area contributed by atoms with Crippen molar-refractivity contribution in [3.05, 3.63) is 71.8 Å². The molecule has 1 heterocycles. The van der Waals surface area contributed by atoms with Crippen LogP contribution in [0.2, 0.25) is 0 Å². The number of amides is 2. The van der Waals surface area contributed by atoms with Crippen LogP contribution < -0.4 is 20.1 Å². The Bertz CT molecular complexity index is 971. The summed E-state index contributed by atoms with van der Waals surface area (Å²) in [5.74, 6) is 1.46. The molecule has 0 spiro atoms. The number of urea groups is 1. The molecule has 27 heavy (non-hydrogen) atoms. The first-order valence-corrected chi connectivity index (χ1v) is 9.08. The quantitative estimate of drug-likeness (QED) is 0.721. The van der Waals surface area contributed by atoms with E-state index in [2.05, 4.69) is 41.0 Å². The molecule has 1 unspecified atom stereocenters. The molecule has 3 aromatic carbocycles. The topological polar surface area (TPSA) is 59.6 Å². The fourth-order valence-corrected chi connectivity index (χ4v) is 3.28. The van der Waals surface area contributed by atoms with Crippen LogP contribution in [0.5, 0.6) is 11.5 Å². The van der Waals surface area contributed by atoms with Gasteiger partial charge in [0.2, 0.25) is 6.79 Å². The molecule has 0 saturated heterocycles. The Labute approximate surface area is 158 Å². The molecule has 0 aromatic heterocycles. The van der Waals surface area contributed by atoms with Crippen LogP contribution in [0.15, 0.2) is 60.7 Å². The van der Waals surface area contributed by atoms with Gasteiger partial charge < -0.3 is 20.1 Å². The molecule has 0 radical (unpaired) electrons. The van der Waals surface area contributed by atoms with Crippen molar-refractivity contribution in [3.63, 3.8) is 0 Å². The predicted octanol–water partition coefficient (Wildman–Crippen LogP) is 4.00. The zero-order valence-electron chi connectivity index (χ0n) is 15.2. The molecule has 1 aliphatic rings. The minimum atomic E-state index is -0.180. The minimum absolute atomic E-state index is 0.0305. The fourth-order valence-electron chi connectivity index (χ4n) is 3.28. The summed E-state index contributed by atoms with van der Waals surface area (Å²) in [5.41, 5.74) is 2.17. The highest BCUT2D eigenvalue weighted by Crippen LogP contribution is 2.32. The average Bonchev–Trinajstić information content (AvgIpc) is 3.14. The maximum Gasteiger partial charge on any atom is 0.315 e. The Hall–Kier alpha value is -3.21. The molecule has 0 fully saturated rings. The van der Waals surface area contributed by atoms with Gasteiger partial charge in [-0.25, -0.2) is 4.79 Å². The van der Waals surface area contributed by atoms with Gasteiger partial charge >= 0.3 is 6.03 Å². The maximum absolute atomic E-state index is 12.2. The Balaban J connectivity index is 1.29. The third-order valence-electron chi connectivity index (χ3n) is 4.62. The molecule has 5 nitrogen and oxygen atoms in total. The zero-order chi connectivity index (χ0) is 18.6. The summed E-state index contributed by atoms with van der Waals surface area (Å²) >= 11 is 0. The molecule has 138 valence electrons. The van der Waals surface area contributed by atoms with Crippen molar-refractivity contribution in [1.29, 1.82) is 0 Å². The van der Waals surface area contributed by atoms with Gasteiger partial charge in [0.15, 0.2) is 11.5 Å². The first-order valence-electron chi connectivity index (χ1n) is 9.08. The largest absolute Gasteiger partial charge is 0.454 e. The second-order valence-corrected chi connectivity index (χ2v) is 6.80. The van der Waals surface area contributed by atoms with Crippen molar-refractivity contribution < 1.29 is 14.3 Å². The van der Waals surface area contributed by atoms with Crippen molar-refractivity contribution >= 4 is 16.8 Å². The van der Waals surface area contributed by atoms with E-state index >= 15 is 0 Å². The van der Waals surface area contributed by atoms with Crippen LogP contribution in [0.1, 0.15) is 18.1 Å². The number of carbonyl (C=O) groups excluding carboxylic acids is 1. The smallest absolute Gasteiger partial charge is 0.315 e. The van der Waals surface area contributed by atoms with E-state index < -0.39 is 0 Å². The lowest BCUT2D eigenvalue weighted by Crippen LogP contribution is -2.41. The van der Waals surface area contributed by atoms with E-state index in [-0.39, 0.29) is 18.9 Å². The SMILES string of the molecule is CC(Cc1ccc2ccccc2c1)NC(=O)NCc1ccc2c(c1)OCO2. The third-order valence-corrected chi connectivity index (χ3v) is 4.62. The fraction of sp³-hybridized carbons (Fsp3) is 0.227. The summed E-state index contributed by atoms with van der Waals surface area (Å²) in [4.78, 5) is 12.2. The second-order valence-electron chi connectivity index (χ2n) is 6.80. The standard InChI is InChI=1S/C22H22N2O3/c1-15(10-16-6-8-18-4-2-3-5-19(18)11-16)24-22(25)23-13-17-7-9-20-21(12-17)27-14-26-20/h2-9,11-12,15H,10,13-14H2,1H3,(H2,23,24,25). The van der Waals surface area contributed by atoms with Gasteiger partial charge in [-0.2, -0.15) is 0 Å². The molecule has 1 atom stereocenters. The number of ether oxygens (including phenoxy) is 2. The highest BCUT2D eigenvalue weighted by atomic mass is 16.7. The van der Waals surface area contributed by atoms with Crippen molar-refractivity contribution in [3.8, 4) is 11.5 Å². The van der Waals surface area contributed by atoms with Crippen molar-refractivity contribution in [1.82, 2.24) is 10.6 Å². The van der Waals surface area contributed by atoms with Gasteiger partial charge in [-0.3, -0.25) is 0 Å². The lowest BCUT2D eigenvalue weighted by molar-refractivity contribution is 0.174. The Morgan fingerprint density at radius 2 is 1.74 bits per heavy atom. The molecule has 0 bridgehead atoms. The molecule has 5 heteroatoms. The molecule has 0 saturated carbocycles. The lowest BCUT2D eigenvalue weighted by atomic mass is 10.0. The molecule has 0 aliphatic carbocycles. The predicted molar refractivity (Wildman–Crippen MR) is 105 cm³/mol. The van der Waals surface area contributed by atoms with E-state index in [0.29, 0.717) is 6.54 Å². The summed E-state index contributed by atoms with van der Waals surface area (Å²) < 4.78 is 10.6. The highest BCUT2D eigenvalue weighted by Gasteiger charge is 2.14. The molecule has 2 amide bonds. The van der Waals surface area contributed by atoms with E-state index in [1.54, 1.807) is 0 Å². The third kappa shape index (κ3) is 4.14. The normalized spacial score (nSPS) is 13.4. The van der Waals surface area contributed by atoms with Gasteiger partial charge in [0, 0.05) is 12.6 Å². The molecule has 4 rings (SSSR count). The van der Waals surface area contributed by atoms with Crippen LogP contribution in [-0.2, 0) is 13.0 Å². The Kier molecular flexibility index (Phi) is 4.83. The van der Waals surface area contributed by atoms with Crippen LogP contribution in [0.3, 0.4) is 0 Å². The zero-order valence-corrected chi connectivity index (χ0v) is 15.2. The number of carbonyl (C=O) groups is 1. The Morgan fingerprint density at radius 1 is 0.963 bits per heavy atom. The molecule has 2 N–H and O–H groups in total. The summed E-state index contributed by atoms with van der Waals surface area (Å²) in [6.07, 6.45) is 0.780. The summed E-state index contributed by atoms with van der Waals surface area (Å²) in [5, 5.41) is 8.33. The average molecular weight is 362 g/mol. The van der Waals surface area contributed by atoms with E-state index in [1.165, 1.54) is 16.3 Å². The molecule has 1 aliphatic heterocycles. The van der Waals surface area contributed by atoms with Crippen molar-refractivity contribution in [2.75, 3.05) is 6.79 Å². The van der Waals surface area contributed by atoms with Crippen LogP contribution in [-0.4, -0.2) is 18.9 Å². The first kappa shape index (κ1) is 17.2. The van der Waals surface area contributed by atoms with Gasteiger partial charge in [-0.05, 0) is 47.4 Å². The number of hydrogen-bond donors (Lipinski definition) is 2. The van der Waals surface area contributed by atoms with Gasteiger partial charge in [0.1, 0.15) is 0 Å². The van der Waals surface area contributed by atoms with Gasteiger partial charge in [-0.1, -0.05) is 48.5 Å². The summed E-state index contributed by atoms with van der Waals surface area (Å²) in [6, 6.07) is 20.2. The van der Waals surface area contributed by atoms with Gasteiger partial charge in [0.05, 0.1) is 0 Å². The second kappa shape index (κ2) is 7.58. The molecular weight excluding hydrogens is 340 g/mol. The highest BCUT2D eigenvalue weighted by molar-refractivity contribution is 5.83. The van der Waals surface area contributed by atoms with Gasteiger partial charge in [0.25, 0.3) is 0 Å². The van der Waals surface area contributed by atoms with E-state index in [1.807, 2.05) is 37.3 Å². The van der Waals surface area contributed by atoms with Crippen LogP contribution >= 0.6 is 0 Å². The number of fused-ring (bicyclic) bond motifs is 2. The van der Waals surface area contributed by atoms with Crippen molar-refractivity contribution in [2.24, 2.45) is 0 Å².